The van der Waals surface area contributed by atoms with Crippen molar-refractivity contribution in [3.8, 4) is 0 Å². The van der Waals surface area contributed by atoms with E-state index in [2.05, 4.69) is 17.2 Å². The predicted molar refractivity (Wildman–Crippen MR) is 111 cm³/mol. The number of nitrogens with one attached hydrogen (secondary N) is 1. The molecule has 1 N–H and O–H groups in total. The number of hydrogen-bond acceptors (Lipinski definition) is 6. The number of esters is 1. The van der Waals surface area contributed by atoms with Gasteiger partial charge in [-0.15, -0.1) is 11.3 Å². The molecule has 0 saturated carbocycles. The van der Waals surface area contributed by atoms with E-state index in [9.17, 15) is 14.4 Å². The average molecular weight is 411 g/mol. The smallest absolute Gasteiger partial charge is 0.341 e. The Morgan fingerprint density at radius 3 is 2.93 bits per heavy atom. The SMILES string of the molecule is COC(=O)c1c(NC(=O)Cn2cnc3ccccc3c2=O)sc2c1CC[C@@H](C)C2. The van der Waals surface area contributed by atoms with Crippen LogP contribution < -0.4 is 10.9 Å². The van der Waals surface area contributed by atoms with Crippen molar-refractivity contribution in [3.63, 3.8) is 0 Å². The predicted octanol–water partition coefficient (Wildman–Crippen LogP) is 3.01. The van der Waals surface area contributed by atoms with Gasteiger partial charge in [-0.2, -0.15) is 0 Å². The third kappa shape index (κ3) is 3.67. The molecular formula is C21H21N3O4S. The third-order valence-corrected chi connectivity index (χ3v) is 6.37. The van der Waals surface area contributed by atoms with E-state index >= 15 is 0 Å². The summed E-state index contributed by atoms with van der Waals surface area (Å²) in [7, 11) is 1.34. The Morgan fingerprint density at radius 1 is 1.34 bits per heavy atom. The second-order valence-corrected chi connectivity index (χ2v) is 8.40. The molecule has 0 aliphatic heterocycles. The number of fused-ring (bicyclic) bond motifs is 2. The van der Waals surface area contributed by atoms with Gasteiger partial charge in [0.15, 0.2) is 0 Å². The fraction of sp³-hybridized carbons (Fsp3) is 0.333. The number of rotatable bonds is 4. The quantitative estimate of drug-likeness (QED) is 0.667. The van der Waals surface area contributed by atoms with Gasteiger partial charge in [0.2, 0.25) is 5.91 Å². The lowest BCUT2D eigenvalue weighted by Crippen LogP contribution is -2.28. The van der Waals surface area contributed by atoms with Crippen molar-refractivity contribution < 1.29 is 14.3 Å². The minimum absolute atomic E-state index is 0.184. The Balaban J connectivity index is 1.61. The third-order valence-electron chi connectivity index (χ3n) is 5.20. The zero-order valence-electron chi connectivity index (χ0n) is 16.2. The molecule has 8 heteroatoms. The lowest BCUT2D eigenvalue weighted by molar-refractivity contribution is -0.116. The van der Waals surface area contributed by atoms with Crippen LogP contribution in [-0.2, 0) is 28.9 Å². The Hall–Kier alpha value is -3.00. The van der Waals surface area contributed by atoms with Gasteiger partial charge in [0.25, 0.3) is 5.56 Å². The van der Waals surface area contributed by atoms with Crippen molar-refractivity contribution in [3.05, 3.63) is 57.0 Å². The highest BCUT2D eigenvalue weighted by atomic mass is 32.1. The molecule has 2 aromatic heterocycles. The zero-order chi connectivity index (χ0) is 20.5. The van der Waals surface area contributed by atoms with Crippen LogP contribution in [0.4, 0.5) is 5.00 Å². The van der Waals surface area contributed by atoms with E-state index < -0.39 is 5.97 Å². The molecule has 0 fully saturated rings. The Morgan fingerprint density at radius 2 is 2.14 bits per heavy atom. The monoisotopic (exact) mass is 411 g/mol. The van der Waals surface area contributed by atoms with Crippen LogP contribution in [0.1, 0.15) is 34.1 Å². The topological polar surface area (TPSA) is 90.3 Å². The van der Waals surface area contributed by atoms with E-state index in [0.717, 1.165) is 29.7 Å². The number of thiophene rings is 1. The largest absolute Gasteiger partial charge is 0.465 e. The van der Waals surface area contributed by atoms with Crippen molar-refractivity contribution in [2.75, 3.05) is 12.4 Å². The number of anilines is 1. The number of hydrogen-bond donors (Lipinski definition) is 1. The number of nitrogens with zero attached hydrogens (tertiary/aromatic N) is 2. The molecule has 2 heterocycles. The molecular weight excluding hydrogens is 390 g/mol. The van der Waals surface area contributed by atoms with Gasteiger partial charge in [0, 0.05) is 4.88 Å². The molecule has 1 aliphatic rings. The normalized spacial score (nSPS) is 15.7. The van der Waals surface area contributed by atoms with Crippen LogP contribution in [0.15, 0.2) is 35.4 Å². The molecule has 1 atom stereocenters. The maximum atomic E-state index is 12.7. The number of benzene rings is 1. The fourth-order valence-electron chi connectivity index (χ4n) is 3.70. The minimum atomic E-state index is -0.447. The molecule has 150 valence electrons. The van der Waals surface area contributed by atoms with Crippen LogP contribution in [0.2, 0.25) is 0 Å². The molecule has 1 amide bonds. The zero-order valence-corrected chi connectivity index (χ0v) is 17.0. The van der Waals surface area contributed by atoms with Gasteiger partial charge >= 0.3 is 5.97 Å². The number of para-hydroxylation sites is 1. The lowest BCUT2D eigenvalue weighted by atomic mass is 9.88. The molecule has 0 spiro atoms. The summed E-state index contributed by atoms with van der Waals surface area (Å²) in [5.74, 6) is -0.296. The number of amides is 1. The second kappa shape index (κ2) is 7.79. The first kappa shape index (κ1) is 19.3. The summed E-state index contributed by atoms with van der Waals surface area (Å²) in [6.45, 7) is 1.99. The van der Waals surface area contributed by atoms with Crippen molar-refractivity contribution in [2.24, 2.45) is 5.92 Å². The molecule has 0 bridgehead atoms. The lowest BCUT2D eigenvalue weighted by Gasteiger charge is -2.18. The summed E-state index contributed by atoms with van der Waals surface area (Å²) in [4.78, 5) is 43.0. The Kier molecular flexibility index (Phi) is 5.19. The molecule has 0 unspecified atom stereocenters. The van der Waals surface area contributed by atoms with E-state index in [0.29, 0.717) is 27.4 Å². The highest BCUT2D eigenvalue weighted by molar-refractivity contribution is 7.17. The summed E-state index contributed by atoms with van der Waals surface area (Å²) in [5.41, 5.74) is 1.72. The molecule has 1 aromatic carbocycles. The summed E-state index contributed by atoms with van der Waals surface area (Å²) in [6.07, 6.45) is 4.04. The average Bonchev–Trinajstić information content (AvgIpc) is 3.06. The number of carbonyl (C=O) groups is 2. The number of methoxy groups -OCH3 is 1. The summed E-state index contributed by atoms with van der Waals surface area (Å²) in [5, 5.41) is 3.76. The van der Waals surface area contributed by atoms with Gasteiger partial charge in [-0.1, -0.05) is 19.1 Å². The van der Waals surface area contributed by atoms with Crippen LogP contribution >= 0.6 is 11.3 Å². The number of carbonyl (C=O) groups excluding carboxylic acids is 2. The van der Waals surface area contributed by atoms with E-state index in [4.69, 9.17) is 4.74 Å². The van der Waals surface area contributed by atoms with Crippen LogP contribution in [0.3, 0.4) is 0 Å². The Labute approximate surface area is 171 Å². The van der Waals surface area contributed by atoms with Gasteiger partial charge in [-0.25, -0.2) is 9.78 Å². The van der Waals surface area contributed by atoms with Crippen LogP contribution in [0, 0.1) is 5.92 Å². The van der Waals surface area contributed by atoms with E-state index in [1.807, 2.05) is 0 Å². The standard InChI is InChI=1S/C21H21N3O4S/c1-12-7-8-14-16(9-12)29-19(18(14)21(27)28-2)23-17(25)10-24-11-22-15-6-4-3-5-13(15)20(24)26/h3-6,11-12H,7-10H2,1-2H3,(H,23,25)/t12-/m1/s1. The van der Waals surface area contributed by atoms with Crippen LogP contribution in [-0.4, -0.2) is 28.5 Å². The highest BCUT2D eigenvalue weighted by Gasteiger charge is 2.28. The summed E-state index contributed by atoms with van der Waals surface area (Å²) >= 11 is 1.42. The molecule has 0 saturated heterocycles. The van der Waals surface area contributed by atoms with Crippen molar-refractivity contribution in [2.45, 2.75) is 32.7 Å². The van der Waals surface area contributed by atoms with Gasteiger partial charge in [0.1, 0.15) is 11.5 Å². The van der Waals surface area contributed by atoms with E-state index in [1.165, 1.54) is 29.3 Å². The second-order valence-electron chi connectivity index (χ2n) is 7.29. The maximum absolute atomic E-state index is 12.7. The number of aromatic nitrogens is 2. The first-order valence-electron chi connectivity index (χ1n) is 9.44. The molecule has 1 aliphatic carbocycles. The summed E-state index contributed by atoms with van der Waals surface area (Å²) in [6, 6.07) is 7.00. The highest BCUT2D eigenvalue weighted by Crippen LogP contribution is 2.40. The molecule has 7 nitrogen and oxygen atoms in total. The van der Waals surface area contributed by atoms with Crippen molar-refractivity contribution >= 4 is 39.1 Å². The Bertz CT molecular complexity index is 1160. The van der Waals surface area contributed by atoms with Gasteiger partial charge < -0.3 is 10.1 Å². The van der Waals surface area contributed by atoms with Crippen molar-refractivity contribution in [1.29, 1.82) is 0 Å². The number of ether oxygens (including phenoxy) is 1. The fourth-order valence-corrected chi connectivity index (χ4v) is 5.11. The first-order chi connectivity index (χ1) is 14.0. The van der Waals surface area contributed by atoms with Crippen molar-refractivity contribution in [1.82, 2.24) is 9.55 Å². The van der Waals surface area contributed by atoms with Crippen LogP contribution in [0.5, 0.6) is 0 Å². The summed E-state index contributed by atoms with van der Waals surface area (Å²) < 4.78 is 6.22. The van der Waals surface area contributed by atoms with Gasteiger partial charge in [-0.05, 0) is 42.9 Å². The molecule has 3 aromatic rings. The van der Waals surface area contributed by atoms with Crippen LogP contribution in [0.25, 0.3) is 10.9 Å². The molecule has 29 heavy (non-hydrogen) atoms. The molecule has 0 radical (unpaired) electrons. The first-order valence-corrected chi connectivity index (χ1v) is 10.3. The molecule has 4 rings (SSSR count). The van der Waals surface area contributed by atoms with E-state index in [-0.39, 0.29) is 18.0 Å². The van der Waals surface area contributed by atoms with E-state index in [1.54, 1.807) is 24.3 Å². The minimum Gasteiger partial charge on any atom is -0.465 e. The maximum Gasteiger partial charge on any atom is 0.341 e. The van der Waals surface area contributed by atoms with Gasteiger partial charge in [-0.3, -0.25) is 14.2 Å². The van der Waals surface area contributed by atoms with Gasteiger partial charge in [0.05, 0.1) is 29.9 Å².